The Kier molecular flexibility index (Phi) is 5.72. The molecule has 1 saturated heterocycles. The van der Waals surface area contributed by atoms with Crippen molar-refractivity contribution >= 4 is 0 Å². The lowest BCUT2D eigenvalue weighted by molar-refractivity contribution is -0.138. The molecule has 0 spiro atoms. The zero-order chi connectivity index (χ0) is 20.4. The minimum Gasteiger partial charge on any atom is -0.366 e. The number of alkyl halides is 6. The first-order valence-corrected chi connectivity index (χ1v) is 8.79. The molecule has 1 N–H and O–H groups in total. The first kappa shape index (κ1) is 20.7. The Morgan fingerprint density at radius 3 is 1.68 bits per heavy atom. The summed E-state index contributed by atoms with van der Waals surface area (Å²) < 4.78 is 82.6. The lowest BCUT2D eigenvalue weighted by Crippen LogP contribution is -2.41. The van der Waals surface area contributed by atoms with Gasteiger partial charge in [-0.05, 0) is 61.3 Å². The Bertz CT molecular complexity index is 774. The summed E-state index contributed by atoms with van der Waals surface area (Å²) in [6.45, 7) is 1.33. The number of hydrogen-bond donors (Lipinski definition) is 1. The minimum absolute atomic E-state index is 0.0686. The van der Waals surface area contributed by atoms with Crippen molar-refractivity contribution in [3.8, 4) is 0 Å². The smallest absolute Gasteiger partial charge is 0.366 e. The molecule has 1 heterocycles. The van der Waals surface area contributed by atoms with Gasteiger partial charge in [-0.25, -0.2) is 0 Å². The fourth-order valence-corrected chi connectivity index (χ4v) is 3.32. The van der Waals surface area contributed by atoms with Crippen molar-refractivity contribution < 1.29 is 31.1 Å². The molecule has 0 radical (unpaired) electrons. The molecular weight excluding hydrogens is 384 g/mol. The number of piperidine rings is 1. The number of benzene rings is 2. The fourth-order valence-electron chi connectivity index (χ4n) is 3.32. The lowest BCUT2D eigenvalue weighted by Gasteiger charge is -2.38. The summed E-state index contributed by atoms with van der Waals surface area (Å²) >= 11 is 0. The normalized spacial score (nSPS) is 17.5. The van der Waals surface area contributed by atoms with E-state index >= 15 is 0 Å². The SMILES string of the molecule is FC(F)(F)c1ccc(COC2(c3ccc(C(F)(F)F)cc3)CCNCC2)cc1. The molecule has 0 atom stereocenters. The molecule has 1 aliphatic heterocycles. The highest BCUT2D eigenvalue weighted by atomic mass is 19.4. The predicted molar refractivity (Wildman–Crippen MR) is 91.5 cm³/mol. The first-order valence-electron chi connectivity index (χ1n) is 8.79. The maximum atomic E-state index is 12.8. The molecule has 0 aliphatic carbocycles. The van der Waals surface area contributed by atoms with Crippen LogP contribution >= 0.6 is 0 Å². The molecule has 0 saturated carbocycles. The van der Waals surface area contributed by atoms with Gasteiger partial charge in [-0.15, -0.1) is 0 Å². The van der Waals surface area contributed by atoms with Crippen LogP contribution in [-0.2, 0) is 29.3 Å². The van der Waals surface area contributed by atoms with Crippen LogP contribution in [0.4, 0.5) is 26.3 Å². The Morgan fingerprint density at radius 2 is 1.21 bits per heavy atom. The van der Waals surface area contributed by atoms with E-state index in [9.17, 15) is 26.3 Å². The average molecular weight is 403 g/mol. The Balaban J connectivity index is 1.78. The third kappa shape index (κ3) is 4.67. The summed E-state index contributed by atoms with van der Waals surface area (Å²) in [7, 11) is 0. The van der Waals surface area contributed by atoms with Gasteiger partial charge < -0.3 is 10.1 Å². The summed E-state index contributed by atoms with van der Waals surface area (Å²) in [5, 5.41) is 3.18. The van der Waals surface area contributed by atoms with E-state index in [-0.39, 0.29) is 6.61 Å². The molecule has 0 aromatic heterocycles. The van der Waals surface area contributed by atoms with E-state index in [4.69, 9.17) is 4.74 Å². The van der Waals surface area contributed by atoms with Crippen molar-refractivity contribution in [3.63, 3.8) is 0 Å². The maximum absolute atomic E-state index is 12.8. The van der Waals surface area contributed by atoms with Gasteiger partial charge in [0.1, 0.15) is 0 Å². The molecule has 28 heavy (non-hydrogen) atoms. The monoisotopic (exact) mass is 403 g/mol. The number of nitrogens with one attached hydrogen (secondary N) is 1. The van der Waals surface area contributed by atoms with Crippen LogP contribution in [0.25, 0.3) is 0 Å². The molecule has 152 valence electrons. The van der Waals surface area contributed by atoms with Crippen molar-refractivity contribution in [2.75, 3.05) is 13.1 Å². The second-order valence-corrected chi connectivity index (χ2v) is 6.80. The Labute approximate surface area is 158 Å². The number of rotatable bonds is 4. The standard InChI is InChI=1S/C20H19F6NO/c21-19(22,23)16-3-1-14(2-4-16)13-28-18(9-11-27-12-10-18)15-5-7-17(8-6-15)20(24,25)26/h1-8,27H,9-13H2. The second-order valence-electron chi connectivity index (χ2n) is 6.80. The van der Waals surface area contributed by atoms with Gasteiger partial charge >= 0.3 is 12.4 Å². The first-order chi connectivity index (χ1) is 13.1. The van der Waals surface area contributed by atoms with Crippen molar-refractivity contribution in [1.29, 1.82) is 0 Å². The lowest BCUT2D eigenvalue weighted by atomic mass is 9.84. The molecule has 8 heteroatoms. The number of ether oxygens (including phenoxy) is 1. The highest BCUT2D eigenvalue weighted by Crippen LogP contribution is 2.38. The van der Waals surface area contributed by atoms with Crippen molar-refractivity contribution in [2.24, 2.45) is 0 Å². The highest BCUT2D eigenvalue weighted by molar-refractivity contribution is 5.30. The van der Waals surface area contributed by atoms with Crippen LogP contribution in [0, 0.1) is 0 Å². The van der Waals surface area contributed by atoms with Crippen LogP contribution in [0.1, 0.15) is 35.1 Å². The van der Waals surface area contributed by atoms with Gasteiger partial charge in [0.2, 0.25) is 0 Å². The third-order valence-electron chi connectivity index (χ3n) is 4.95. The predicted octanol–water partition coefficient (Wildman–Crippen LogP) is 5.52. The zero-order valence-electron chi connectivity index (χ0n) is 14.8. The van der Waals surface area contributed by atoms with Crippen molar-refractivity contribution in [1.82, 2.24) is 5.32 Å². The topological polar surface area (TPSA) is 21.3 Å². The fraction of sp³-hybridized carbons (Fsp3) is 0.400. The second kappa shape index (κ2) is 7.75. The third-order valence-corrected chi connectivity index (χ3v) is 4.95. The maximum Gasteiger partial charge on any atom is 0.416 e. The Hall–Kier alpha value is -2.06. The van der Waals surface area contributed by atoms with E-state index in [0.29, 0.717) is 37.1 Å². The van der Waals surface area contributed by atoms with Crippen LogP contribution in [0.15, 0.2) is 48.5 Å². The van der Waals surface area contributed by atoms with Gasteiger partial charge in [0.25, 0.3) is 0 Å². The quantitative estimate of drug-likeness (QED) is 0.679. The molecule has 2 nitrogen and oxygen atoms in total. The molecule has 2 aromatic rings. The van der Waals surface area contributed by atoms with Crippen molar-refractivity contribution in [2.45, 2.75) is 37.4 Å². The molecule has 3 rings (SSSR count). The van der Waals surface area contributed by atoms with E-state index < -0.39 is 29.1 Å². The van der Waals surface area contributed by atoms with E-state index in [2.05, 4.69) is 5.32 Å². The summed E-state index contributed by atoms with van der Waals surface area (Å²) in [6, 6.07) is 9.58. The minimum atomic E-state index is -4.42. The van der Waals surface area contributed by atoms with Gasteiger partial charge in [-0.2, -0.15) is 26.3 Å². The highest BCUT2D eigenvalue weighted by Gasteiger charge is 2.37. The van der Waals surface area contributed by atoms with E-state index in [1.165, 1.54) is 24.3 Å². The van der Waals surface area contributed by atoms with Gasteiger partial charge in [0.05, 0.1) is 23.3 Å². The molecule has 0 amide bonds. The molecule has 0 unspecified atom stereocenters. The van der Waals surface area contributed by atoms with Crippen LogP contribution < -0.4 is 5.32 Å². The molecular formula is C20H19F6NO. The summed E-state index contributed by atoms with van der Waals surface area (Å²) in [5.41, 5.74) is -1.05. The zero-order valence-corrected chi connectivity index (χ0v) is 14.8. The van der Waals surface area contributed by atoms with E-state index in [0.717, 1.165) is 24.3 Å². The number of halogens is 6. The van der Waals surface area contributed by atoms with Crippen molar-refractivity contribution in [3.05, 3.63) is 70.8 Å². The molecule has 0 bridgehead atoms. The number of hydrogen-bond acceptors (Lipinski definition) is 2. The molecule has 1 aliphatic rings. The van der Waals surface area contributed by atoms with Crippen LogP contribution in [0.5, 0.6) is 0 Å². The average Bonchev–Trinajstić information content (AvgIpc) is 2.66. The molecule has 1 fully saturated rings. The van der Waals surface area contributed by atoms with Crippen LogP contribution in [-0.4, -0.2) is 13.1 Å². The van der Waals surface area contributed by atoms with Gasteiger partial charge in [0, 0.05) is 0 Å². The largest absolute Gasteiger partial charge is 0.416 e. The Morgan fingerprint density at radius 1 is 0.750 bits per heavy atom. The molecule has 2 aromatic carbocycles. The van der Waals surface area contributed by atoms with Gasteiger partial charge in [-0.1, -0.05) is 24.3 Å². The van der Waals surface area contributed by atoms with Crippen LogP contribution in [0.3, 0.4) is 0 Å². The van der Waals surface area contributed by atoms with Crippen LogP contribution in [0.2, 0.25) is 0 Å². The van der Waals surface area contributed by atoms with E-state index in [1.807, 2.05) is 0 Å². The summed E-state index contributed by atoms with van der Waals surface area (Å²) in [4.78, 5) is 0. The van der Waals surface area contributed by atoms with Gasteiger partial charge in [0.15, 0.2) is 0 Å². The summed E-state index contributed by atoms with van der Waals surface area (Å²) in [6.07, 6.45) is -7.71. The van der Waals surface area contributed by atoms with E-state index in [1.54, 1.807) is 0 Å². The summed E-state index contributed by atoms with van der Waals surface area (Å²) in [5.74, 6) is 0. The van der Waals surface area contributed by atoms with Gasteiger partial charge in [-0.3, -0.25) is 0 Å².